The molecule has 0 aliphatic heterocycles. The molecule has 0 N–H and O–H groups in total. The number of carbonyl (C=O) groups excluding carboxylic acids is 1. The molecule has 1 aromatic heterocycles. The Kier molecular flexibility index (Phi) is 3.03. The maximum Gasteiger partial charge on any atom is 0.356 e. The molecular weight excluding hydrogens is 238 g/mol. The molecule has 0 unspecified atom stereocenters. The van der Waals surface area contributed by atoms with Crippen molar-refractivity contribution >= 4 is 5.97 Å². The molecule has 0 bridgehead atoms. The van der Waals surface area contributed by atoms with Gasteiger partial charge in [-0.1, -0.05) is 30.3 Å². The van der Waals surface area contributed by atoms with Gasteiger partial charge in [0.25, 0.3) is 0 Å². The predicted octanol–water partition coefficient (Wildman–Crippen LogP) is 3.02. The Hall–Kier alpha value is -2.16. The number of fused-ring (bicyclic) bond motifs is 1. The van der Waals surface area contributed by atoms with Crippen molar-refractivity contribution in [3.05, 3.63) is 53.3 Å². The van der Waals surface area contributed by atoms with Crippen LogP contribution in [0.1, 0.15) is 28.2 Å². The molecule has 0 radical (unpaired) electrons. The summed E-state index contributed by atoms with van der Waals surface area (Å²) >= 11 is 0. The average molecular weight is 253 g/mol. The number of nitrogens with zero attached hydrogens (tertiary/aromatic N) is 1. The monoisotopic (exact) mass is 253 g/mol. The van der Waals surface area contributed by atoms with Crippen LogP contribution in [0, 0.1) is 0 Å². The van der Waals surface area contributed by atoms with Crippen molar-refractivity contribution in [1.82, 2.24) is 4.98 Å². The highest BCUT2D eigenvalue weighted by Gasteiger charge is 2.21. The summed E-state index contributed by atoms with van der Waals surface area (Å²) in [5.74, 6) is -0.369. The molecular formula is C16H15NO2. The van der Waals surface area contributed by atoms with E-state index in [2.05, 4.69) is 17.1 Å². The average Bonchev–Trinajstić information content (AvgIpc) is 2.94. The van der Waals surface area contributed by atoms with E-state index in [1.165, 1.54) is 12.7 Å². The third kappa shape index (κ3) is 2.12. The molecule has 1 aliphatic carbocycles. The van der Waals surface area contributed by atoms with Gasteiger partial charge in [0.2, 0.25) is 0 Å². The van der Waals surface area contributed by atoms with Gasteiger partial charge in [-0.2, -0.15) is 0 Å². The fourth-order valence-corrected chi connectivity index (χ4v) is 2.63. The van der Waals surface area contributed by atoms with E-state index in [-0.39, 0.29) is 5.97 Å². The second-order valence-corrected chi connectivity index (χ2v) is 4.69. The smallest absolute Gasteiger partial charge is 0.356 e. The minimum absolute atomic E-state index is 0.369. The summed E-state index contributed by atoms with van der Waals surface area (Å²) in [5, 5.41) is 0. The van der Waals surface area contributed by atoms with Crippen LogP contribution in [0.2, 0.25) is 0 Å². The predicted molar refractivity (Wildman–Crippen MR) is 73.0 cm³/mol. The summed E-state index contributed by atoms with van der Waals surface area (Å²) in [5.41, 5.74) is 4.97. The van der Waals surface area contributed by atoms with E-state index >= 15 is 0 Å². The number of aromatic nitrogens is 1. The zero-order valence-corrected chi connectivity index (χ0v) is 10.8. The minimum atomic E-state index is -0.369. The molecule has 3 rings (SSSR count). The van der Waals surface area contributed by atoms with Crippen LogP contribution in [0.5, 0.6) is 0 Å². The van der Waals surface area contributed by atoms with Crippen LogP contribution in [0.15, 0.2) is 36.4 Å². The molecule has 2 aromatic rings. The van der Waals surface area contributed by atoms with Crippen molar-refractivity contribution in [2.24, 2.45) is 0 Å². The van der Waals surface area contributed by atoms with E-state index in [1.807, 2.05) is 24.3 Å². The van der Waals surface area contributed by atoms with Gasteiger partial charge in [0, 0.05) is 5.69 Å². The Labute approximate surface area is 112 Å². The van der Waals surface area contributed by atoms with Crippen LogP contribution in [0.3, 0.4) is 0 Å². The summed E-state index contributed by atoms with van der Waals surface area (Å²) in [6.07, 6.45) is 3.08. The lowest BCUT2D eigenvalue weighted by atomic mass is 9.99. The number of benzene rings is 1. The lowest BCUT2D eigenvalue weighted by Gasteiger charge is -2.10. The number of rotatable bonds is 2. The van der Waals surface area contributed by atoms with Crippen molar-refractivity contribution in [3.63, 3.8) is 0 Å². The molecule has 96 valence electrons. The third-order valence-electron chi connectivity index (χ3n) is 3.53. The van der Waals surface area contributed by atoms with Crippen molar-refractivity contribution in [2.45, 2.75) is 19.3 Å². The van der Waals surface area contributed by atoms with Gasteiger partial charge in [-0.15, -0.1) is 0 Å². The first kappa shape index (κ1) is 11.9. The molecule has 3 nitrogen and oxygen atoms in total. The largest absolute Gasteiger partial charge is 0.464 e. The lowest BCUT2D eigenvalue weighted by molar-refractivity contribution is 0.0594. The molecule has 0 amide bonds. The van der Waals surface area contributed by atoms with Crippen LogP contribution in [-0.2, 0) is 17.6 Å². The quantitative estimate of drug-likeness (QED) is 0.772. The summed E-state index contributed by atoms with van der Waals surface area (Å²) in [6.45, 7) is 0. The van der Waals surface area contributed by atoms with Crippen LogP contribution in [0.4, 0.5) is 0 Å². The topological polar surface area (TPSA) is 39.2 Å². The highest BCUT2D eigenvalue weighted by atomic mass is 16.5. The Morgan fingerprint density at radius 1 is 1.21 bits per heavy atom. The summed E-state index contributed by atoms with van der Waals surface area (Å²) in [6, 6.07) is 12.0. The third-order valence-corrected chi connectivity index (χ3v) is 3.53. The van der Waals surface area contributed by atoms with Gasteiger partial charge < -0.3 is 4.74 Å². The number of esters is 1. The number of carbonyl (C=O) groups is 1. The second kappa shape index (κ2) is 4.84. The standard InChI is InChI=1S/C16H15NO2/c1-19-16(18)15-10-13(11-6-3-2-4-7-11)12-8-5-9-14(12)17-15/h2-4,6-7,10H,5,8-9H2,1H3. The molecule has 0 saturated carbocycles. The summed E-state index contributed by atoms with van der Waals surface area (Å²) in [4.78, 5) is 16.1. The van der Waals surface area contributed by atoms with Crippen LogP contribution in [-0.4, -0.2) is 18.1 Å². The van der Waals surface area contributed by atoms with Gasteiger partial charge in [-0.3, -0.25) is 0 Å². The van der Waals surface area contributed by atoms with E-state index in [1.54, 1.807) is 0 Å². The van der Waals surface area contributed by atoms with E-state index in [4.69, 9.17) is 4.74 Å². The van der Waals surface area contributed by atoms with Crippen molar-refractivity contribution in [3.8, 4) is 11.1 Å². The van der Waals surface area contributed by atoms with Crippen LogP contribution >= 0.6 is 0 Å². The number of aryl methyl sites for hydroxylation is 1. The van der Waals surface area contributed by atoms with Gasteiger partial charge in [0.1, 0.15) is 5.69 Å². The Morgan fingerprint density at radius 2 is 2.00 bits per heavy atom. The highest BCUT2D eigenvalue weighted by Crippen LogP contribution is 2.32. The number of hydrogen-bond acceptors (Lipinski definition) is 3. The number of pyridine rings is 1. The second-order valence-electron chi connectivity index (χ2n) is 4.69. The van der Waals surface area contributed by atoms with E-state index in [0.29, 0.717) is 5.69 Å². The van der Waals surface area contributed by atoms with Crippen LogP contribution in [0.25, 0.3) is 11.1 Å². The lowest BCUT2D eigenvalue weighted by Crippen LogP contribution is -2.07. The number of hydrogen-bond donors (Lipinski definition) is 0. The Morgan fingerprint density at radius 3 is 2.74 bits per heavy atom. The van der Waals surface area contributed by atoms with Gasteiger partial charge >= 0.3 is 5.97 Å². The first-order valence-corrected chi connectivity index (χ1v) is 6.46. The van der Waals surface area contributed by atoms with Crippen molar-refractivity contribution in [1.29, 1.82) is 0 Å². The normalized spacial score (nSPS) is 13.1. The van der Waals surface area contributed by atoms with Gasteiger partial charge in [0.15, 0.2) is 0 Å². The van der Waals surface area contributed by atoms with Gasteiger partial charge in [0.05, 0.1) is 7.11 Å². The summed E-state index contributed by atoms with van der Waals surface area (Å²) in [7, 11) is 1.39. The van der Waals surface area contributed by atoms with Crippen molar-refractivity contribution < 1.29 is 9.53 Å². The van der Waals surface area contributed by atoms with Gasteiger partial charge in [-0.05, 0) is 42.0 Å². The number of methoxy groups -OCH3 is 1. The zero-order valence-electron chi connectivity index (χ0n) is 10.8. The minimum Gasteiger partial charge on any atom is -0.464 e. The number of ether oxygens (including phenoxy) is 1. The molecule has 19 heavy (non-hydrogen) atoms. The fourth-order valence-electron chi connectivity index (χ4n) is 2.63. The fraction of sp³-hybridized carbons (Fsp3) is 0.250. The van der Waals surface area contributed by atoms with Crippen LogP contribution < -0.4 is 0 Å². The SMILES string of the molecule is COC(=O)c1cc(-c2ccccc2)c2c(n1)CCC2. The summed E-state index contributed by atoms with van der Waals surface area (Å²) < 4.78 is 4.79. The molecule has 1 heterocycles. The molecule has 0 fully saturated rings. The van der Waals surface area contributed by atoms with E-state index < -0.39 is 0 Å². The van der Waals surface area contributed by atoms with Gasteiger partial charge in [-0.25, -0.2) is 9.78 Å². The Bertz CT molecular complexity index is 620. The molecule has 0 saturated heterocycles. The van der Waals surface area contributed by atoms with E-state index in [0.717, 1.165) is 36.1 Å². The molecule has 0 spiro atoms. The first-order valence-electron chi connectivity index (χ1n) is 6.46. The maximum atomic E-state index is 11.7. The maximum absolute atomic E-state index is 11.7. The Balaban J connectivity index is 2.18. The van der Waals surface area contributed by atoms with Crippen molar-refractivity contribution in [2.75, 3.05) is 7.11 Å². The molecule has 0 atom stereocenters. The molecule has 1 aliphatic rings. The van der Waals surface area contributed by atoms with E-state index in [9.17, 15) is 4.79 Å². The highest BCUT2D eigenvalue weighted by molar-refractivity contribution is 5.89. The zero-order chi connectivity index (χ0) is 13.2. The molecule has 3 heteroatoms. The molecule has 1 aromatic carbocycles. The first-order chi connectivity index (χ1) is 9.29.